The molecule has 32 heavy (non-hydrogen) atoms. The van der Waals surface area contributed by atoms with E-state index in [2.05, 4.69) is 13.0 Å². The lowest BCUT2D eigenvalue weighted by molar-refractivity contribution is -0.116. The third-order valence-electron chi connectivity index (χ3n) is 6.09. The van der Waals surface area contributed by atoms with E-state index in [1.54, 1.807) is 22.8 Å². The smallest absolute Gasteiger partial charge is 0.262 e. The van der Waals surface area contributed by atoms with Gasteiger partial charge in [-0.1, -0.05) is 41.6 Å². The van der Waals surface area contributed by atoms with Crippen molar-refractivity contribution >= 4 is 45.9 Å². The highest BCUT2D eigenvalue weighted by atomic mass is 35.5. The number of rotatable bonds is 5. The van der Waals surface area contributed by atoms with Crippen LogP contribution >= 0.6 is 23.4 Å². The highest BCUT2D eigenvalue weighted by Gasteiger charge is 2.31. The number of carbonyl (C=O) groups is 1. The van der Waals surface area contributed by atoms with Crippen LogP contribution < -0.4 is 10.5 Å². The van der Waals surface area contributed by atoms with E-state index in [0.29, 0.717) is 34.2 Å². The van der Waals surface area contributed by atoms with Crippen LogP contribution in [0.3, 0.4) is 0 Å². The predicted molar refractivity (Wildman–Crippen MR) is 128 cm³/mol. The molecule has 166 valence electrons. The number of aromatic nitrogens is 2. The number of hydrogen-bond acceptors (Lipinski definition) is 5. The number of ether oxygens (including phenoxy) is 1. The SMILES string of the molecule is C[C@@H]1Cc2ccccc2N1C(=O)CSc1nc2cc(Cl)ccc2c(=O)n1C[C@@H]1CCCO1. The molecule has 0 aliphatic carbocycles. The molecule has 2 aliphatic heterocycles. The van der Waals surface area contributed by atoms with E-state index < -0.39 is 0 Å². The molecule has 0 spiro atoms. The number of hydrogen-bond donors (Lipinski definition) is 0. The van der Waals surface area contributed by atoms with Crippen LogP contribution in [0.15, 0.2) is 52.4 Å². The summed E-state index contributed by atoms with van der Waals surface area (Å²) in [6.07, 6.45) is 2.74. The summed E-state index contributed by atoms with van der Waals surface area (Å²) in [5.41, 5.74) is 2.57. The number of benzene rings is 2. The summed E-state index contributed by atoms with van der Waals surface area (Å²) in [5, 5.41) is 1.56. The topological polar surface area (TPSA) is 64.4 Å². The summed E-state index contributed by atoms with van der Waals surface area (Å²) in [5.74, 6) is 0.208. The van der Waals surface area contributed by atoms with Crippen LogP contribution in [0.5, 0.6) is 0 Å². The van der Waals surface area contributed by atoms with Gasteiger partial charge in [0.05, 0.1) is 29.3 Å². The number of amides is 1. The van der Waals surface area contributed by atoms with Crippen LogP contribution in [0.2, 0.25) is 5.02 Å². The second-order valence-electron chi connectivity index (χ2n) is 8.34. The maximum absolute atomic E-state index is 13.3. The van der Waals surface area contributed by atoms with Gasteiger partial charge in [-0.15, -0.1) is 0 Å². The number of fused-ring (bicyclic) bond motifs is 2. The van der Waals surface area contributed by atoms with Gasteiger partial charge in [0.15, 0.2) is 5.16 Å². The Bertz CT molecular complexity index is 1240. The molecule has 5 rings (SSSR count). The zero-order chi connectivity index (χ0) is 22.2. The molecule has 2 atom stereocenters. The normalized spacial score (nSPS) is 20.1. The minimum Gasteiger partial charge on any atom is -0.376 e. The highest BCUT2D eigenvalue weighted by Crippen LogP contribution is 2.33. The van der Waals surface area contributed by atoms with Gasteiger partial charge in [-0.3, -0.25) is 14.2 Å². The Hall–Kier alpha value is -2.35. The molecule has 6 nitrogen and oxygen atoms in total. The van der Waals surface area contributed by atoms with Crippen LogP contribution in [0, 0.1) is 0 Å². The van der Waals surface area contributed by atoms with Crippen LogP contribution in [0.25, 0.3) is 10.9 Å². The van der Waals surface area contributed by atoms with Crippen molar-refractivity contribution in [3.05, 3.63) is 63.4 Å². The van der Waals surface area contributed by atoms with Gasteiger partial charge >= 0.3 is 0 Å². The van der Waals surface area contributed by atoms with E-state index in [9.17, 15) is 9.59 Å². The minimum atomic E-state index is -0.128. The summed E-state index contributed by atoms with van der Waals surface area (Å²) in [7, 11) is 0. The monoisotopic (exact) mass is 469 g/mol. The van der Waals surface area contributed by atoms with E-state index in [4.69, 9.17) is 21.3 Å². The fourth-order valence-electron chi connectivity index (χ4n) is 4.58. The van der Waals surface area contributed by atoms with Crippen molar-refractivity contribution in [1.82, 2.24) is 9.55 Å². The van der Waals surface area contributed by atoms with Crippen LogP contribution in [-0.4, -0.2) is 40.0 Å². The number of carbonyl (C=O) groups excluding carboxylic acids is 1. The third kappa shape index (κ3) is 4.05. The molecule has 1 fully saturated rings. The van der Waals surface area contributed by atoms with Gasteiger partial charge in [-0.05, 0) is 56.0 Å². The number of anilines is 1. The fourth-order valence-corrected chi connectivity index (χ4v) is 5.61. The van der Waals surface area contributed by atoms with Gasteiger partial charge in [-0.2, -0.15) is 0 Å². The van der Waals surface area contributed by atoms with E-state index in [1.807, 2.05) is 23.1 Å². The Balaban J connectivity index is 1.45. The zero-order valence-electron chi connectivity index (χ0n) is 17.8. The largest absolute Gasteiger partial charge is 0.376 e. The van der Waals surface area contributed by atoms with Gasteiger partial charge in [0.25, 0.3) is 5.56 Å². The third-order valence-corrected chi connectivity index (χ3v) is 7.29. The second-order valence-corrected chi connectivity index (χ2v) is 9.72. The van der Waals surface area contributed by atoms with E-state index >= 15 is 0 Å². The molecular weight excluding hydrogens is 446 g/mol. The maximum atomic E-state index is 13.3. The van der Waals surface area contributed by atoms with Crippen molar-refractivity contribution in [3.63, 3.8) is 0 Å². The molecule has 2 aromatic carbocycles. The molecule has 0 saturated carbocycles. The lowest BCUT2D eigenvalue weighted by Crippen LogP contribution is -2.37. The first kappa shape index (κ1) is 21.5. The Morgan fingerprint density at radius 2 is 2.12 bits per heavy atom. The van der Waals surface area contributed by atoms with Gasteiger partial charge < -0.3 is 9.64 Å². The summed E-state index contributed by atoms with van der Waals surface area (Å²) in [6, 6.07) is 13.2. The average molecular weight is 470 g/mol. The number of nitrogens with zero attached hydrogens (tertiary/aromatic N) is 3. The van der Waals surface area contributed by atoms with Crippen molar-refractivity contribution in [2.24, 2.45) is 0 Å². The van der Waals surface area contributed by atoms with Gasteiger partial charge in [0, 0.05) is 23.4 Å². The number of thioether (sulfide) groups is 1. The molecule has 1 saturated heterocycles. The first-order valence-corrected chi connectivity index (χ1v) is 12.2. The van der Waals surface area contributed by atoms with E-state index in [1.165, 1.54) is 17.3 Å². The predicted octanol–water partition coefficient (Wildman–Crippen LogP) is 4.30. The number of halogens is 1. The first-order valence-electron chi connectivity index (χ1n) is 10.9. The van der Waals surface area contributed by atoms with Crippen LogP contribution in [0.4, 0.5) is 5.69 Å². The van der Waals surface area contributed by atoms with E-state index in [-0.39, 0.29) is 29.4 Å². The lowest BCUT2D eigenvalue weighted by atomic mass is 10.1. The molecule has 0 bridgehead atoms. The Kier molecular flexibility index (Phi) is 5.97. The molecule has 3 aromatic rings. The molecule has 1 amide bonds. The van der Waals surface area contributed by atoms with Crippen LogP contribution in [0.1, 0.15) is 25.3 Å². The van der Waals surface area contributed by atoms with Crippen molar-refractivity contribution in [3.8, 4) is 0 Å². The molecular formula is C24H24ClN3O3S. The van der Waals surface area contributed by atoms with Gasteiger partial charge in [0.2, 0.25) is 5.91 Å². The average Bonchev–Trinajstić information content (AvgIpc) is 3.40. The first-order chi connectivity index (χ1) is 15.5. The summed E-state index contributed by atoms with van der Waals surface area (Å²) < 4.78 is 7.42. The molecule has 2 aliphatic rings. The van der Waals surface area contributed by atoms with Crippen molar-refractivity contribution < 1.29 is 9.53 Å². The minimum absolute atomic E-state index is 0.0107. The Labute approximate surface area is 195 Å². The van der Waals surface area contributed by atoms with E-state index in [0.717, 1.165) is 24.9 Å². The Morgan fingerprint density at radius 1 is 1.28 bits per heavy atom. The second kappa shape index (κ2) is 8.89. The quantitative estimate of drug-likeness (QED) is 0.412. The lowest BCUT2D eigenvalue weighted by Gasteiger charge is -2.23. The summed E-state index contributed by atoms with van der Waals surface area (Å²) in [6.45, 7) is 3.21. The number of para-hydroxylation sites is 1. The van der Waals surface area contributed by atoms with Crippen molar-refractivity contribution in [2.75, 3.05) is 17.3 Å². The maximum Gasteiger partial charge on any atom is 0.262 e. The molecule has 3 heterocycles. The molecule has 0 unspecified atom stereocenters. The van der Waals surface area contributed by atoms with Gasteiger partial charge in [0.1, 0.15) is 0 Å². The molecule has 0 N–H and O–H groups in total. The summed E-state index contributed by atoms with van der Waals surface area (Å²) >= 11 is 7.44. The molecule has 1 aromatic heterocycles. The van der Waals surface area contributed by atoms with Gasteiger partial charge in [-0.25, -0.2) is 4.98 Å². The molecule has 8 heteroatoms. The van der Waals surface area contributed by atoms with Crippen LogP contribution in [-0.2, 0) is 22.5 Å². The highest BCUT2D eigenvalue weighted by molar-refractivity contribution is 7.99. The molecule has 0 radical (unpaired) electrons. The fraction of sp³-hybridized carbons (Fsp3) is 0.375. The van der Waals surface area contributed by atoms with Crippen molar-refractivity contribution in [1.29, 1.82) is 0 Å². The standard InChI is InChI=1S/C24H24ClN3O3S/c1-15-11-16-5-2-3-7-21(16)28(15)22(29)14-32-24-26-20-12-17(25)8-9-19(20)23(30)27(24)13-18-6-4-10-31-18/h2-3,5,7-9,12,15,18H,4,6,10-11,13-14H2,1H3/t15-,18+/m1/s1. The van der Waals surface area contributed by atoms with Crippen molar-refractivity contribution in [2.45, 2.75) is 50.0 Å². The zero-order valence-corrected chi connectivity index (χ0v) is 19.4. The Morgan fingerprint density at radius 3 is 2.94 bits per heavy atom. The summed E-state index contributed by atoms with van der Waals surface area (Å²) in [4.78, 5) is 33.1.